The predicted octanol–water partition coefficient (Wildman–Crippen LogP) is 4.08. The Hall–Kier alpha value is -1.20. The summed E-state index contributed by atoms with van der Waals surface area (Å²) in [6, 6.07) is 5.64. The minimum atomic E-state index is -0.388. The first kappa shape index (κ1) is 17.2. The lowest BCUT2D eigenvalue weighted by molar-refractivity contribution is -0.124. The molecular weight excluding hydrogens is 356 g/mol. The van der Waals surface area contributed by atoms with E-state index >= 15 is 0 Å². The molecule has 5 atom stereocenters. The normalized spacial score (nSPS) is 31.4. The van der Waals surface area contributed by atoms with E-state index in [0.29, 0.717) is 10.9 Å². The zero-order valence-electron chi connectivity index (χ0n) is 14.3. The Balaban J connectivity index is 1.34. The second kappa shape index (κ2) is 6.84. The Kier molecular flexibility index (Phi) is 4.71. The Morgan fingerprint density at radius 1 is 1.40 bits per heavy atom. The number of amides is 2. The molecule has 1 aliphatic heterocycles. The maximum absolute atomic E-state index is 12.5. The average Bonchev–Trinajstić information content (AvgIpc) is 3.19. The molecule has 1 heterocycles. The first-order valence-electron chi connectivity index (χ1n) is 9.06. The van der Waals surface area contributed by atoms with Gasteiger partial charge in [0, 0.05) is 22.4 Å². The number of rotatable bonds is 4. The molecule has 0 spiro atoms. The molecule has 25 heavy (non-hydrogen) atoms. The highest BCUT2D eigenvalue weighted by Gasteiger charge is 2.42. The number of fused-ring (bicyclic) bond motifs is 3. The van der Waals surface area contributed by atoms with Crippen LogP contribution >= 0.6 is 23.4 Å². The van der Waals surface area contributed by atoms with Gasteiger partial charge in [0.25, 0.3) is 0 Å². The number of halogens is 1. The lowest BCUT2D eigenvalue weighted by Crippen LogP contribution is -2.42. The molecular formula is C19H23ClN2O2S. The summed E-state index contributed by atoms with van der Waals surface area (Å²) in [6.07, 6.45) is 5.48. The fraction of sp³-hybridized carbons (Fsp3) is 0.579. The van der Waals surface area contributed by atoms with Gasteiger partial charge in [0.1, 0.15) is 0 Å². The van der Waals surface area contributed by atoms with E-state index in [2.05, 4.69) is 17.6 Å². The van der Waals surface area contributed by atoms with Crippen molar-refractivity contribution in [2.75, 3.05) is 5.32 Å². The van der Waals surface area contributed by atoms with Crippen molar-refractivity contribution >= 4 is 40.9 Å². The molecule has 4 rings (SSSR count). The smallest absolute Gasteiger partial charge is 0.238 e. The molecule has 3 aliphatic rings. The van der Waals surface area contributed by atoms with E-state index in [0.717, 1.165) is 22.4 Å². The average molecular weight is 379 g/mol. The highest BCUT2D eigenvalue weighted by Crippen LogP contribution is 2.49. The van der Waals surface area contributed by atoms with Gasteiger partial charge in [-0.15, -0.1) is 11.8 Å². The summed E-state index contributed by atoms with van der Waals surface area (Å²) in [5.41, 5.74) is 0.731. The SMILES string of the molecule is CC(NC(=O)CC1Sc2ccc(Cl)cc2NC1=O)C1CC2CCC1C2. The number of anilines is 1. The molecule has 1 aromatic carbocycles. The summed E-state index contributed by atoms with van der Waals surface area (Å²) < 4.78 is 0. The molecule has 2 fully saturated rings. The molecule has 0 radical (unpaired) electrons. The van der Waals surface area contributed by atoms with Gasteiger partial charge in [-0.1, -0.05) is 18.0 Å². The molecule has 6 heteroatoms. The number of nitrogens with one attached hydrogen (secondary N) is 2. The zero-order valence-corrected chi connectivity index (χ0v) is 15.8. The maximum Gasteiger partial charge on any atom is 0.238 e. The van der Waals surface area contributed by atoms with E-state index in [1.54, 1.807) is 12.1 Å². The molecule has 0 saturated heterocycles. The zero-order chi connectivity index (χ0) is 17.6. The Morgan fingerprint density at radius 3 is 2.96 bits per heavy atom. The number of hydrogen-bond donors (Lipinski definition) is 2. The van der Waals surface area contributed by atoms with Crippen molar-refractivity contribution in [1.29, 1.82) is 0 Å². The third kappa shape index (κ3) is 3.54. The van der Waals surface area contributed by atoms with Gasteiger partial charge in [-0.05, 0) is 62.1 Å². The number of benzene rings is 1. The van der Waals surface area contributed by atoms with Crippen LogP contribution in [0, 0.1) is 17.8 Å². The van der Waals surface area contributed by atoms with Crippen LogP contribution in [0.5, 0.6) is 0 Å². The van der Waals surface area contributed by atoms with Crippen molar-refractivity contribution in [3.8, 4) is 0 Å². The van der Waals surface area contributed by atoms with Gasteiger partial charge in [0.05, 0.1) is 10.9 Å². The third-order valence-electron chi connectivity index (χ3n) is 5.96. The van der Waals surface area contributed by atoms with Crippen molar-refractivity contribution in [1.82, 2.24) is 5.32 Å². The summed E-state index contributed by atoms with van der Waals surface area (Å²) in [5, 5.41) is 6.22. The van der Waals surface area contributed by atoms with Crippen molar-refractivity contribution < 1.29 is 9.59 Å². The van der Waals surface area contributed by atoms with Gasteiger partial charge in [0.15, 0.2) is 0 Å². The number of carbonyl (C=O) groups is 2. The monoisotopic (exact) mass is 378 g/mol. The third-order valence-corrected chi connectivity index (χ3v) is 7.47. The Labute approximate surface area is 157 Å². The minimum absolute atomic E-state index is 0.0275. The van der Waals surface area contributed by atoms with Gasteiger partial charge in [-0.25, -0.2) is 0 Å². The Morgan fingerprint density at radius 2 is 2.24 bits per heavy atom. The van der Waals surface area contributed by atoms with E-state index in [1.165, 1.54) is 37.4 Å². The summed E-state index contributed by atoms with van der Waals surface area (Å²) in [5.74, 6) is 2.11. The molecule has 5 unspecified atom stereocenters. The van der Waals surface area contributed by atoms with Gasteiger partial charge >= 0.3 is 0 Å². The lowest BCUT2D eigenvalue weighted by Gasteiger charge is -2.29. The maximum atomic E-state index is 12.5. The summed E-state index contributed by atoms with van der Waals surface area (Å²) in [4.78, 5) is 25.7. The number of carbonyl (C=O) groups excluding carboxylic acids is 2. The first-order valence-corrected chi connectivity index (χ1v) is 10.3. The molecule has 2 aliphatic carbocycles. The molecule has 4 nitrogen and oxygen atoms in total. The molecule has 134 valence electrons. The quantitative estimate of drug-likeness (QED) is 0.829. The van der Waals surface area contributed by atoms with E-state index in [4.69, 9.17) is 11.6 Å². The van der Waals surface area contributed by atoms with Crippen LogP contribution in [-0.4, -0.2) is 23.1 Å². The molecule has 2 saturated carbocycles. The Bertz CT molecular complexity index is 711. The van der Waals surface area contributed by atoms with Crippen LogP contribution < -0.4 is 10.6 Å². The van der Waals surface area contributed by atoms with Crippen LogP contribution in [0.3, 0.4) is 0 Å². The van der Waals surface area contributed by atoms with Crippen molar-refractivity contribution in [2.24, 2.45) is 17.8 Å². The summed E-state index contributed by atoms with van der Waals surface area (Å²) in [7, 11) is 0. The van der Waals surface area contributed by atoms with Gasteiger partial charge in [0.2, 0.25) is 11.8 Å². The molecule has 2 amide bonds. The van der Waals surface area contributed by atoms with Gasteiger partial charge < -0.3 is 10.6 Å². The van der Waals surface area contributed by atoms with Crippen molar-refractivity contribution in [3.05, 3.63) is 23.2 Å². The van der Waals surface area contributed by atoms with Crippen LogP contribution in [-0.2, 0) is 9.59 Å². The first-order chi connectivity index (χ1) is 12.0. The highest BCUT2D eigenvalue weighted by atomic mass is 35.5. The molecule has 0 aromatic heterocycles. The predicted molar refractivity (Wildman–Crippen MR) is 101 cm³/mol. The van der Waals surface area contributed by atoms with Crippen LogP contribution in [0.2, 0.25) is 5.02 Å². The lowest BCUT2D eigenvalue weighted by atomic mass is 9.84. The molecule has 2 N–H and O–H groups in total. The van der Waals surface area contributed by atoms with E-state index in [1.807, 2.05) is 6.07 Å². The second-order valence-electron chi connectivity index (χ2n) is 7.64. The fourth-order valence-corrected chi connectivity index (χ4v) is 6.01. The second-order valence-corrected chi connectivity index (χ2v) is 9.32. The van der Waals surface area contributed by atoms with Crippen molar-refractivity contribution in [2.45, 2.75) is 55.2 Å². The van der Waals surface area contributed by atoms with E-state index in [-0.39, 0.29) is 29.5 Å². The van der Waals surface area contributed by atoms with E-state index < -0.39 is 0 Å². The number of thioether (sulfide) groups is 1. The van der Waals surface area contributed by atoms with Crippen LogP contribution in [0.25, 0.3) is 0 Å². The number of hydrogen-bond acceptors (Lipinski definition) is 3. The van der Waals surface area contributed by atoms with Crippen LogP contribution in [0.4, 0.5) is 5.69 Å². The van der Waals surface area contributed by atoms with E-state index in [9.17, 15) is 9.59 Å². The summed E-state index contributed by atoms with van der Waals surface area (Å²) >= 11 is 7.41. The van der Waals surface area contributed by atoms with Crippen molar-refractivity contribution in [3.63, 3.8) is 0 Å². The topological polar surface area (TPSA) is 58.2 Å². The van der Waals surface area contributed by atoms with Gasteiger partial charge in [-0.2, -0.15) is 0 Å². The summed E-state index contributed by atoms with van der Waals surface area (Å²) in [6.45, 7) is 2.12. The van der Waals surface area contributed by atoms with Crippen LogP contribution in [0.1, 0.15) is 39.0 Å². The molecule has 2 bridgehead atoms. The highest BCUT2D eigenvalue weighted by molar-refractivity contribution is 8.01. The standard InChI is InChI=1S/C19H23ClN2O2S/c1-10(14-7-11-2-3-12(14)6-11)21-18(23)9-17-19(24)22-15-8-13(20)4-5-16(15)25-17/h4-5,8,10-12,14,17H,2-3,6-7,9H2,1H3,(H,21,23)(H,22,24). The fourth-order valence-electron chi connectivity index (χ4n) is 4.75. The van der Waals surface area contributed by atoms with Gasteiger partial charge in [-0.3, -0.25) is 9.59 Å². The largest absolute Gasteiger partial charge is 0.353 e. The molecule has 1 aromatic rings. The van der Waals surface area contributed by atoms with Crippen LogP contribution in [0.15, 0.2) is 23.1 Å². The minimum Gasteiger partial charge on any atom is -0.353 e.